The number of fused-ring (bicyclic) bond motifs is 2. The predicted molar refractivity (Wildman–Crippen MR) is 117 cm³/mol. The first-order valence-corrected chi connectivity index (χ1v) is 11.4. The first-order chi connectivity index (χ1) is 15.8. The molecule has 5 heterocycles. The molecule has 1 unspecified atom stereocenters. The normalized spacial score (nSPS) is 20.3. The molecule has 0 spiro atoms. The summed E-state index contributed by atoms with van der Waals surface area (Å²) in [6.07, 6.45) is -2.67. The molecule has 1 atom stereocenters. The fourth-order valence-corrected chi connectivity index (χ4v) is 5.34. The third-order valence-electron chi connectivity index (χ3n) is 5.82. The van der Waals surface area contributed by atoms with E-state index in [1.807, 2.05) is 9.80 Å². The van der Waals surface area contributed by atoms with Crippen molar-refractivity contribution in [2.24, 2.45) is 10.9 Å². The van der Waals surface area contributed by atoms with Crippen molar-refractivity contribution in [3.8, 4) is 0 Å². The summed E-state index contributed by atoms with van der Waals surface area (Å²) in [5, 5.41) is 20.5. The lowest BCUT2D eigenvalue weighted by molar-refractivity contribution is -0.147. The Morgan fingerprint density at radius 1 is 1.21 bits per heavy atom. The third kappa shape index (κ3) is 3.86. The van der Waals surface area contributed by atoms with Gasteiger partial charge >= 0.3 is 6.18 Å². The van der Waals surface area contributed by atoms with Gasteiger partial charge in [-0.25, -0.2) is 4.98 Å². The molecular formula is C19H22F3N9OS. The molecule has 1 saturated heterocycles. The van der Waals surface area contributed by atoms with E-state index in [0.29, 0.717) is 37.1 Å². The van der Waals surface area contributed by atoms with Crippen LogP contribution in [0.15, 0.2) is 11.2 Å². The van der Waals surface area contributed by atoms with Gasteiger partial charge in [0.1, 0.15) is 10.6 Å². The molecule has 0 saturated carbocycles. The van der Waals surface area contributed by atoms with Crippen LogP contribution in [0.5, 0.6) is 0 Å². The van der Waals surface area contributed by atoms with Crippen LogP contribution in [0.3, 0.4) is 0 Å². The van der Waals surface area contributed by atoms with Crippen LogP contribution in [-0.2, 0) is 25.7 Å². The number of halogens is 3. The molecule has 33 heavy (non-hydrogen) atoms. The second-order valence-corrected chi connectivity index (χ2v) is 9.23. The van der Waals surface area contributed by atoms with Crippen molar-refractivity contribution in [3.05, 3.63) is 22.6 Å². The SMILES string of the molecule is CCCc1cc2c(N3CCn4c(nnc4C(F)(F)F)C3)nc(N3C/C(=N/O)C(N)C3)nc2s1. The summed E-state index contributed by atoms with van der Waals surface area (Å²) in [6.45, 7) is 3.37. The summed E-state index contributed by atoms with van der Waals surface area (Å²) in [6, 6.07) is 1.63. The maximum absolute atomic E-state index is 13.2. The van der Waals surface area contributed by atoms with Crippen LogP contribution in [-0.4, -0.2) is 61.3 Å². The summed E-state index contributed by atoms with van der Waals surface area (Å²) < 4.78 is 40.8. The molecule has 3 aromatic rings. The Bertz CT molecular complexity index is 1220. The lowest BCUT2D eigenvalue weighted by Crippen LogP contribution is -2.36. The molecule has 1 fully saturated rings. The Balaban J connectivity index is 1.55. The van der Waals surface area contributed by atoms with Gasteiger partial charge in [0.05, 0.1) is 30.2 Å². The number of nitrogens with two attached hydrogens (primary N) is 1. The number of nitrogens with zero attached hydrogens (tertiary/aromatic N) is 8. The maximum atomic E-state index is 13.2. The topological polar surface area (TPSA) is 122 Å². The fraction of sp³-hybridized carbons (Fsp3) is 0.526. The van der Waals surface area contributed by atoms with Gasteiger partial charge in [-0.05, 0) is 12.5 Å². The minimum Gasteiger partial charge on any atom is -0.411 e. The zero-order valence-corrected chi connectivity index (χ0v) is 18.6. The van der Waals surface area contributed by atoms with Crippen LogP contribution in [0.2, 0.25) is 0 Å². The minimum atomic E-state index is -4.55. The van der Waals surface area contributed by atoms with Crippen molar-refractivity contribution in [1.29, 1.82) is 0 Å². The summed E-state index contributed by atoms with van der Waals surface area (Å²) in [5.74, 6) is 0.344. The van der Waals surface area contributed by atoms with E-state index >= 15 is 0 Å². The third-order valence-corrected chi connectivity index (χ3v) is 6.91. The average molecular weight is 482 g/mol. The highest BCUT2D eigenvalue weighted by molar-refractivity contribution is 7.18. The predicted octanol–water partition coefficient (Wildman–Crippen LogP) is 2.25. The van der Waals surface area contributed by atoms with Crippen molar-refractivity contribution in [3.63, 3.8) is 0 Å². The number of aromatic nitrogens is 5. The molecule has 3 N–H and O–H groups in total. The monoisotopic (exact) mass is 481 g/mol. The largest absolute Gasteiger partial charge is 0.451 e. The molecular weight excluding hydrogens is 459 g/mol. The first kappa shape index (κ1) is 21.8. The molecule has 0 radical (unpaired) electrons. The molecule has 0 aromatic carbocycles. The zero-order chi connectivity index (χ0) is 23.3. The number of alkyl halides is 3. The molecule has 176 valence electrons. The molecule has 2 aliphatic heterocycles. The smallest absolute Gasteiger partial charge is 0.411 e. The highest BCUT2D eigenvalue weighted by atomic mass is 32.1. The van der Waals surface area contributed by atoms with Crippen molar-refractivity contribution in [1.82, 2.24) is 24.7 Å². The van der Waals surface area contributed by atoms with Gasteiger partial charge < -0.3 is 25.3 Å². The first-order valence-electron chi connectivity index (χ1n) is 10.5. The summed E-state index contributed by atoms with van der Waals surface area (Å²) in [7, 11) is 0. The molecule has 2 aliphatic rings. The van der Waals surface area contributed by atoms with Gasteiger partial charge in [-0.2, -0.15) is 18.2 Å². The Hall–Kier alpha value is -3.00. The van der Waals surface area contributed by atoms with Crippen molar-refractivity contribution in [2.45, 2.75) is 45.1 Å². The van der Waals surface area contributed by atoms with E-state index < -0.39 is 18.0 Å². The van der Waals surface area contributed by atoms with Crippen molar-refractivity contribution in [2.75, 3.05) is 29.4 Å². The van der Waals surface area contributed by atoms with Crippen LogP contribution in [0.4, 0.5) is 24.9 Å². The van der Waals surface area contributed by atoms with E-state index in [2.05, 4.69) is 28.3 Å². The van der Waals surface area contributed by atoms with Gasteiger partial charge in [0.15, 0.2) is 5.82 Å². The van der Waals surface area contributed by atoms with Crippen LogP contribution < -0.4 is 15.5 Å². The van der Waals surface area contributed by atoms with E-state index in [1.54, 1.807) is 11.3 Å². The van der Waals surface area contributed by atoms with E-state index in [9.17, 15) is 18.4 Å². The van der Waals surface area contributed by atoms with E-state index in [-0.39, 0.29) is 18.9 Å². The summed E-state index contributed by atoms with van der Waals surface area (Å²) in [4.78, 5) is 15.2. The number of oxime groups is 1. The number of rotatable bonds is 4. The second-order valence-electron chi connectivity index (χ2n) is 8.12. The molecule has 14 heteroatoms. The number of hydrogen-bond donors (Lipinski definition) is 2. The van der Waals surface area contributed by atoms with E-state index in [4.69, 9.17) is 15.7 Å². The van der Waals surface area contributed by atoms with Gasteiger partial charge in [0, 0.05) is 24.5 Å². The van der Waals surface area contributed by atoms with Gasteiger partial charge in [0.2, 0.25) is 11.8 Å². The summed E-state index contributed by atoms with van der Waals surface area (Å²) >= 11 is 1.58. The quantitative estimate of drug-likeness (QED) is 0.430. The molecule has 3 aromatic heterocycles. The number of hydrogen-bond acceptors (Lipinski definition) is 10. The zero-order valence-electron chi connectivity index (χ0n) is 17.7. The van der Waals surface area contributed by atoms with Crippen LogP contribution in [0, 0.1) is 0 Å². The number of thiophene rings is 1. The average Bonchev–Trinajstić information content (AvgIpc) is 3.47. The van der Waals surface area contributed by atoms with E-state index in [1.165, 1.54) is 0 Å². The second kappa shape index (κ2) is 8.09. The molecule has 0 aliphatic carbocycles. The fourth-order valence-electron chi connectivity index (χ4n) is 4.22. The van der Waals surface area contributed by atoms with Gasteiger partial charge in [-0.3, -0.25) is 0 Å². The Labute approximate surface area is 190 Å². The highest BCUT2D eigenvalue weighted by Gasteiger charge is 2.40. The molecule has 10 nitrogen and oxygen atoms in total. The van der Waals surface area contributed by atoms with Crippen molar-refractivity contribution >= 4 is 39.0 Å². The van der Waals surface area contributed by atoms with Crippen LogP contribution in [0.1, 0.15) is 29.9 Å². The van der Waals surface area contributed by atoms with Crippen LogP contribution in [0.25, 0.3) is 10.2 Å². The lowest BCUT2D eigenvalue weighted by atomic mass is 10.2. The number of anilines is 2. The van der Waals surface area contributed by atoms with Gasteiger partial charge in [-0.15, -0.1) is 21.5 Å². The lowest BCUT2D eigenvalue weighted by Gasteiger charge is -2.30. The van der Waals surface area contributed by atoms with Gasteiger partial charge in [0.25, 0.3) is 0 Å². The Kier molecular flexibility index (Phi) is 5.35. The maximum Gasteiger partial charge on any atom is 0.451 e. The Morgan fingerprint density at radius 2 is 2.03 bits per heavy atom. The Morgan fingerprint density at radius 3 is 2.73 bits per heavy atom. The number of aryl methyl sites for hydroxylation is 1. The van der Waals surface area contributed by atoms with Crippen LogP contribution >= 0.6 is 11.3 Å². The highest BCUT2D eigenvalue weighted by Crippen LogP contribution is 2.36. The van der Waals surface area contributed by atoms with Crippen molar-refractivity contribution < 1.29 is 18.4 Å². The van der Waals surface area contributed by atoms with Gasteiger partial charge in [-0.1, -0.05) is 18.5 Å². The molecule has 0 bridgehead atoms. The van der Waals surface area contributed by atoms with E-state index in [0.717, 1.165) is 32.5 Å². The molecule has 0 amide bonds. The molecule has 5 rings (SSSR count). The summed E-state index contributed by atoms with van der Waals surface area (Å²) in [5.41, 5.74) is 6.49. The minimum absolute atomic E-state index is 0.0971. The standard InChI is InChI=1S/C19H22F3N9OS/c1-2-3-10-6-11-15(29-4-5-31-14(9-29)26-27-17(31)19(20,21)22)24-18(25-16(11)33-10)30-7-12(23)13(8-30)28-32/h6,12,32H,2-5,7-9,23H2,1H3/b28-13-.